The molecule has 0 aliphatic rings. The molecular weight excluding hydrogens is 696 g/mol. The molecule has 286 valence electrons. The molecule has 0 bridgehead atoms. The Kier molecular flexibility index (Phi) is 15.7. The third kappa shape index (κ3) is 12.6. The molecule has 0 fully saturated rings. The van der Waals surface area contributed by atoms with Crippen molar-refractivity contribution in [3.05, 3.63) is 107 Å². The Morgan fingerprint density at radius 3 is 1.35 bits per heavy atom. The number of Topliss-reactive ketones (excluding diaryl/α,β-unsaturated/α-hetero) is 2. The number of hydrogen-bond acceptors (Lipinski definition) is 11. The fourth-order valence-electron chi connectivity index (χ4n) is 5.33. The molecule has 13 heteroatoms. The zero-order valence-electron chi connectivity index (χ0n) is 30.8. The van der Waals surface area contributed by atoms with Gasteiger partial charge in [0.1, 0.15) is 11.5 Å². The highest BCUT2D eigenvalue weighted by atomic mass is 16.5. The van der Waals surface area contributed by atoms with E-state index in [0.717, 1.165) is 11.1 Å². The number of carbonyl (C=O) groups is 4. The smallest absolute Gasteiger partial charge is 0.258 e. The molecule has 0 saturated carbocycles. The molecule has 0 aliphatic heterocycles. The van der Waals surface area contributed by atoms with E-state index < -0.39 is 17.9 Å². The van der Waals surface area contributed by atoms with Crippen LogP contribution < -0.4 is 39.1 Å². The number of rotatable bonds is 22. The first kappa shape index (κ1) is 40.7. The summed E-state index contributed by atoms with van der Waals surface area (Å²) in [5.74, 6) is 1.94. The van der Waals surface area contributed by atoms with Crippen LogP contribution in [0.4, 0.5) is 0 Å². The average Bonchev–Trinajstić information content (AvgIpc) is 3.21. The van der Waals surface area contributed by atoms with Gasteiger partial charge in [-0.05, 0) is 72.5 Å². The van der Waals surface area contributed by atoms with Crippen molar-refractivity contribution < 1.29 is 52.7 Å². The summed E-state index contributed by atoms with van der Waals surface area (Å²) in [5.41, 5.74) is 2.76. The van der Waals surface area contributed by atoms with E-state index in [1.54, 1.807) is 89.1 Å². The Balaban J connectivity index is 1.12. The maximum Gasteiger partial charge on any atom is 0.258 e. The van der Waals surface area contributed by atoms with E-state index in [1.165, 1.54) is 0 Å². The largest absolute Gasteiger partial charge is 0.493 e. The number of ether oxygens (including phenoxy) is 6. The van der Waals surface area contributed by atoms with Crippen LogP contribution in [0.25, 0.3) is 0 Å². The van der Waals surface area contributed by atoms with Crippen molar-refractivity contribution in [2.24, 2.45) is 0 Å². The number of benzene rings is 4. The third-order valence-electron chi connectivity index (χ3n) is 8.30. The van der Waals surface area contributed by atoms with Gasteiger partial charge in [-0.25, -0.2) is 0 Å². The minimum Gasteiger partial charge on any atom is -0.493 e. The van der Waals surface area contributed by atoms with Crippen LogP contribution in [0.1, 0.15) is 44.7 Å². The molecule has 0 radical (unpaired) electrons. The molecule has 4 rings (SSSR count). The number of hydrogen-bond donors (Lipinski definition) is 3. The summed E-state index contributed by atoms with van der Waals surface area (Å²) in [4.78, 5) is 50.4. The molecule has 0 saturated heterocycles. The normalized spacial score (nSPS) is 10.6. The van der Waals surface area contributed by atoms with Crippen molar-refractivity contribution in [1.82, 2.24) is 10.6 Å². The second kappa shape index (κ2) is 20.8. The van der Waals surface area contributed by atoms with Crippen molar-refractivity contribution in [3.8, 4) is 34.5 Å². The van der Waals surface area contributed by atoms with E-state index >= 15 is 0 Å². The number of carbonyl (C=O) groups excluding carboxylic acids is 4. The number of aliphatic hydroxyl groups excluding tert-OH is 1. The molecule has 0 aliphatic carbocycles. The highest BCUT2D eigenvalue weighted by molar-refractivity contribution is 5.97. The lowest BCUT2D eigenvalue weighted by molar-refractivity contribution is -0.123. The Bertz CT molecular complexity index is 1760. The maximum atomic E-state index is 12.8. The number of aryl methyl sites for hydroxylation is 2. The molecule has 0 aromatic heterocycles. The first-order valence-electron chi connectivity index (χ1n) is 17.3. The standard InChI is InChI=1S/C41H46N2O11/c1-49-36-17-13-27(19-38(36)51-3)11-15-34(45)29-7-5-9-32(21-29)53-25-40(47)42-23-31(44)24-43-41(48)26-54-33-10-6-8-30(22-33)35(46)16-12-28-14-18-37(50-2)39(20-28)52-4/h5-10,13-14,17-22,31,44H,11-12,15-16,23-26H2,1-4H3,(H,42,47)(H,43,48). The van der Waals surface area contributed by atoms with Crippen molar-refractivity contribution in [3.63, 3.8) is 0 Å². The molecule has 4 aromatic carbocycles. The van der Waals surface area contributed by atoms with Gasteiger partial charge in [-0.3, -0.25) is 19.2 Å². The van der Waals surface area contributed by atoms with Crippen molar-refractivity contribution in [2.45, 2.75) is 31.8 Å². The van der Waals surface area contributed by atoms with Gasteiger partial charge in [-0.2, -0.15) is 0 Å². The number of ketones is 2. The van der Waals surface area contributed by atoms with Crippen molar-refractivity contribution >= 4 is 23.4 Å². The second-order valence-corrected chi connectivity index (χ2v) is 12.1. The van der Waals surface area contributed by atoms with Crippen LogP contribution in [-0.4, -0.2) is 89.3 Å². The second-order valence-electron chi connectivity index (χ2n) is 12.1. The van der Waals surface area contributed by atoms with Crippen LogP contribution in [0.5, 0.6) is 34.5 Å². The van der Waals surface area contributed by atoms with Gasteiger partial charge in [-0.1, -0.05) is 36.4 Å². The van der Waals surface area contributed by atoms with Crippen LogP contribution in [0.3, 0.4) is 0 Å². The first-order chi connectivity index (χ1) is 26.1. The van der Waals surface area contributed by atoms with Gasteiger partial charge in [-0.15, -0.1) is 0 Å². The average molecular weight is 743 g/mol. The topological polar surface area (TPSA) is 168 Å². The minimum absolute atomic E-state index is 0.0857. The van der Waals surface area contributed by atoms with Crippen LogP contribution in [0, 0.1) is 0 Å². The van der Waals surface area contributed by atoms with E-state index in [4.69, 9.17) is 28.4 Å². The zero-order chi connectivity index (χ0) is 38.9. The highest BCUT2D eigenvalue weighted by Crippen LogP contribution is 2.29. The van der Waals surface area contributed by atoms with Gasteiger partial charge in [0.2, 0.25) is 0 Å². The van der Waals surface area contributed by atoms with Crippen LogP contribution >= 0.6 is 0 Å². The molecular formula is C41H46N2O11. The lowest BCUT2D eigenvalue weighted by Gasteiger charge is -2.14. The van der Waals surface area contributed by atoms with Gasteiger partial charge >= 0.3 is 0 Å². The predicted octanol–water partition coefficient (Wildman–Crippen LogP) is 4.40. The highest BCUT2D eigenvalue weighted by Gasteiger charge is 2.14. The summed E-state index contributed by atoms with van der Waals surface area (Å²) in [6.45, 7) is -0.945. The number of nitrogens with one attached hydrogen (secondary N) is 2. The van der Waals surface area contributed by atoms with Gasteiger partial charge in [0.15, 0.2) is 47.8 Å². The summed E-state index contributed by atoms with van der Waals surface area (Å²) in [5, 5.41) is 15.4. The molecule has 0 unspecified atom stereocenters. The van der Waals surface area contributed by atoms with Crippen LogP contribution in [0.15, 0.2) is 84.9 Å². The quantitative estimate of drug-likeness (QED) is 0.0977. The van der Waals surface area contributed by atoms with Crippen molar-refractivity contribution in [1.29, 1.82) is 0 Å². The Labute approximate surface area is 314 Å². The summed E-state index contributed by atoms with van der Waals surface area (Å²) >= 11 is 0. The van der Waals surface area contributed by atoms with Crippen molar-refractivity contribution in [2.75, 3.05) is 54.7 Å². The van der Waals surface area contributed by atoms with Gasteiger partial charge in [0, 0.05) is 37.1 Å². The number of methoxy groups -OCH3 is 4. The van der Waals surface area contributed by atoms with Crippen LogP contribution in [-0.2, 0) is 22.4 Å². The molecule has 0 atom stereocenters. The molecule has 54 heavy (non-hydrogen) atoms. The fourth-order valence-corrected chi connectivity index (χ4v) is 5.33. The third-order valence-corrected chi connectivity index (χ3v) is 8.30. The Hall–Kier alpha value is -6.08. The lowest BCUT2D eigenvalue weighted by Crippen LogP contribution is -2.42. The molecule has 13 nitrogen and oxygen atoms in total. The minimum atomic E-state index is -1.07. The van der Waals surface area contributed by atoms with Crippen LogP contribution in [0.2, 0.25) is 0 Å². The SMILES string of the molecule is COc1ccc(CCC(=O)c2cccc(OCC(=O)NCC(O)CNC(=O)COc3cccc(C(=O)CCc4ccc(OC)c(OC)c4)c3)c2)cc1OC. The molecule has 0 spiro atoms. The monoisotopic (exact) mass is 742 g/mol. The van der Waals surface area contributed by atoms with E-state index in [9.17, 15) is 24.3 Å². The first-order valence-corrected chi connectivity index (χ1v) is 17.3. The summed E-state index contributed by atoms with van der Waals surface area (Å²) in [6.07, 6.45) is 0.456. The maximum absolute atomic E-state index is 12.8. The number of amides is 2. The molecule has 4 aromatic rings. The van der Waals surface area contributed by atoms with E-state index in [-0.39, 0.29) is 50.7 Å². The summed E-state index contributed by atoms with van der Waals surface area (Å²) in [7, 11) is 6.23. The fraction of sp³-hybridized carbons (Fsp3) is 0.317. The lowest BCUT2D eigenvalue weighted by atomic mass is 10.0. The molecule has 3 N–H and O–H groups in total. The van der Waals surface area contributed by atoms with Gasteiger partial charge in [0.05, 0.1) is 34.5 Å². The molecule has 2 amide bonds. The Morgan fingerprint density at radius 1 is 0.556 bits per heavy atom. The molecule has 0 heterocycles. The van der Waals surface area contributed by atoms with E-state index in [1.807, 2.05) is 24.3 Å². The predicted molar refractivity (Wildman–Crippen MR) is 200 cm³/mol. The van der Waals surface area contributed by atoms with E-state index in [2.05, 4.69) is 10.6 Å². The summed E-state index contributed by atoms with van der Waals surface area (Å²) < 4.78 is 32.3. The number of aliphatic hydroxyl groups is 1. The summed E-state index contributed by atoms with van der Waals surface area (Å²) in [6, 6.07) is 24.2. The zero-order valence-corrected chi connectivity index (χ0v) is 30.8. The van der Waals surface area contributed by atoms with Gasteiger partial charge < -0.3 is 44.2 Å². The Morgan fingerprint density at radius 2 is 0.963 bits per heavy atom. The van der Waals surface area contributed by atoms with Gasteiger partial charge in [0.25, 0.3) is 11.8 Å². The van der Waals surface area contributed by atoms with E-state index in [0.29, 0.717) is 58.5 Å².